The molecular formula is C56H83N3O20S3. The molecule has 0 bridgehead atoms. The molecule has 26 heteroatoms. The summed E-state index contributed by atoms with van der Waals surface area (Å²) < 4.78 is 118. The van der Waals surface area contributed by atoms with Crippen LogP contribution in [0.5, 0.6) is 0 Å². The minimum atomic E-state index is -4.06. The Balaban J connectivity index is 0.000000526. The molecule has 2 unspecified atom stereocenters. The molecule has 0 aromatic heterocycles. The number of sulfonamides is 3. The molecule has 82 heavy (non-hydrogen) atoms. The van der Waals surface area contributed by atoms with Crippen LogP contribution in [-0.4, -0.2) is 127 Å². The lowest BCUT2D eigenvalue weighted by Crippen LogP contribution is -2.48. The zero-order valence-electron chi connectivity index (χ0n) is 50.1. The van der Waals surface area contributed by atoms with Crippen LogP contribution in [-0.2, 0) is 72.7 Å². The van der Waals surface area contributed by atoms with Crippen LogP contribution in [0, 0.1) is 20.8 Å². The average molecular weight is 1210 g/mol. The predicted molar refractivity (Wildman–Crippen MR) is 305 cm³/mol. The molecule has 460 valence electrons. The van der Waals surface area contributed by atoms with Gasteiger partial charge in [0.1, 0.15) is 34.1 Å². The van der Waals surface area contributed by atoms with E-state index in [4.69, 9.17) is 43.0 Å². The topological polar surface area (TPSA) is 312 Å². The number of nitrogens with two attached hydrogens (primary N) is 1. The van der Waals surface area contributed by atoms with E-state index in [-0.39, 0.29) is 27.4 Å². The highest BCUT2D eigenvalue weighted by atomic mass is 32.2. The molecule has 3 aromatic carbocycles. The van der Waals surface area contributed by atoms with Gasteiger partial charge in [0.25, 0.3) is 20.0 Å². The largest absolute Gasteiger partial charge is 0.519 e. The summed E-state index contributed by atoms with van der Waals surface area (Å²) in [6.45, 7) is 32.5. The van der Waals surface area contributed by atoms with Crippen molar-refractivity contribution in [2.24, 2.45) is 5.14 Å². The van der Waals surface area contributed by atoms with Crippen molar-refractivity contribution in [3.63, 3.8) is 0 Å². The van der Waals surface area contributed by atoms with E-state index < -0.39 is 94.8 Å². The summed E-state index contributed by atoms with van der Waals surface area (Å²) >= 11 is 0. The number of hydrogen-bond donors (Lipinski definition) is 2. The number of amides is 2. The number of aryl methyl sites for hydroxylation is 3. The highest BCUT2D eigenvalue weighted by molar-refractivity contribution is 7.90. The van der Waals surface area contributed by atoms with Crippen LogP contribution in [0.25, 0.3) is 0 Å². The van der Waals surface area contributed by atoms with Crippen molar-refractivity contribution in [3.05, 3.63) is 114 Å². The van der Waals surface area contributed by atoms with E-state index in [1.54, 1.807) is 158 Å². The summed E-state index contributed by atoms with van der Waals surface area (Å²) in [5, 5.41) is 4.88. The van der Waals surface area contributed by atoms with Crippen LogP contribution in [0.15, 0.2) is 112 Å². The Kier molecular flexibility index (Phi) is 27.9. The first-order valence-corrected chi connectivity index (χ1v) is 29.9. The molecule has 2 heterocycles. The number of carbonyl (C=O) groups is 5. The molecule has 0 spiro atoms. The Morgan fingerprint density at radius 3 is 1.22 bits per heavy atom. The van der Waals surface area contributed by atoms with E-state index in [9.17, 15) is 49.2 Å². The molecule has 0 fully saturated rings. The number of ether oxygens (including phenoxy) is 9. The molecule has 3 aromatic rings. The summed E-state index contributed by atoms with van der Waals surface area (Å²) in [5.74, 6) is 0. The van der Waals surface area contributed by atoms with Crippen molar-refractivity contribution in [1.29, 1.82) is 0 Å². The molecule has 2 amide bonds. The Morgan fingerprint density at radius 2 is 0.866 bits per heavy atom. The third-order valence-electron chi connectivity index (χ3n) is 9.04. The van der Waals surface area contributed by atoms with Gasteiger partial charge in [-0.2, -0.15) is 4.31 Å². The number of nitrogens with one attached hydrogen (secondary N) is 1. The van der Waals surface area contributed by atoms with Gasteiger partial charge in [-0.05, 0) is 167 Å². The van der Waals surface area contributed by atoms with Crippen LogP contribution >= 0.6 is 0 Å². The Morgan fingerprint density at radius 1 is 0.500 bits per heavy atom. The van der Waals surface area contributed by atoms with E-state index in [0.717, 1.165) is 21.0 Å². The molecular weight excluding hydrogens is 1130 g/mol. The molecule has 0 saturated carbocycles. The Hall–Kier alpha value is -6.58. The second-order valence-electron chi connectivity index (χ2n) is 23.0. The SMILES string of the molecule is CC(C)(C)OC(=O)OC(=O)OC(C)(C)C.CC(C)(C)OC(=O)OC1C=CCOC1.Cc1ccc(S(=O)(=O)N(C(=O)OC(C)(C)C)C2C=CCOC2)cc1.Cc1ccc(S(=O)(=O)NC(=O)OC(C)(C)C)cc1.Cc1ccc(S(N)(=O)=O)cc1. The lowest BCUT2D eigenvalue weighted by atomic mass is 10.2. The summed E-state index contributed by atoms with van der Waals surface area (Å²) in [7, 11) is -11.5. The molecule has 0 radical (unpaired) electrons. The van der Waals surface area contributed by atoms with Crippen molar-refractivity contribution in [2.45, 2.75) is 179 Å². The van der Waals surface area contributed by atoms with Gasteiger partial charge in [-0.3, -0.25) is 0 Å². The summed E-state index contributed by atoms with van der Waals surface area (Å²) in [5.41, 5.74) is -0.582. The van der Waals surface area contributed by atoms with E-state index in [0.29, 0.717) is 19.8 Å². The van der Waals surface area contributed by atoms with Crippen LogP contribution < -0.4 is 9.86 Å². The molecule has 0 aliphatic carbocycles. The number of primary sulfonamides is 1. The van der Waals surface area contributed by atoms with Crippen LogP contribution in [0.1, 0.15) is 121 Å². The van der Waals surface area contributed by atoms with E-state index in [1.807, 2.05) is 31.6 Å². The van der Waals surface area contributed by atoms with Crippen molar-refractivity contribution in [1.82, 2.24) is 9.03 Å². The second-order valence-corrected chi connectivity index (χ2v) is 28.1. The van der Waals surface area contributed by atoms with E-state index >= 15 is 0 Å². The minimum absolute atomic E-state index is 0.0268. The fourth-order valence-electron chi connectivity index (χ4n) is 5.72. The summed E-state index contributed by atoms with van der Waals surface area (Å²) in [6, 6.07) is 18.2. The first-order valence-electron chi connectivity index (χ1n) is 25.5. The number of benzene rings is 3. The maximum atomic E-state index is 13.0. The smallest absolute Gasteiger partial charge is 0.443 e. The van der Waals surface area contributed by atoms with Crippen molar-refractivity contribution in [3.8, 4) is 0 Å². The van der Waals surface area contributed by atoms with Gasteiger partial charge in [0.05, 0.1) is 47.2 Å². The van der Waals surface area contributed by atoms with Crippen molar-refractivity contribution < 1.29 is 91.9 Å². The van der Waals surface area contributed by atoms with Crippen LogP contribution in [0.3, 0.4) is 0 Å². The molecule has 3 N–H and O–H groups in total. The van der Waals surface area contributed by atoms with Crippen molar-refractivity contribution in [2.75, 3.05) is 26.4 Å². The minimum Gasteiger partial charge on any atom is -0.443 e. The highest BCUT2D eigenvalue weighted by Gasteiger charge is 2.38. The molecule has 23 nitrogen and oxygen atoms in total. The number of rotatable bonds is 7. The van der Waals surface area contributed by atoms with Gasteiger partial charge in [0.15, 0.2) is 0 Å². The molecule has 2 aliphatic heterocycles. The van der Waals surface area contributed by atoms with Gasteiger partial charge >= 0.3 is 30.7 Å². The van der Waals surface area contributed by atoms with Gasteiger partial charge in [0.2, 0.25) is 10.0 Å². The van der Waals surface area contributed by atoms with Gasteiger partial charge in [-0.15, -0.1) is 0 Å². The van der Waals surface area contributed by atoms with Crippen LogP contribution in [0.4, 0.5) is 24.0 Å². The maximum absolute atomic E-state index is 13.0. The Bertz CT molecular complexity index is 2940. The van der Waals surface area contributed by atoms with Gasteiger partial charge in [0, 0.05) is 0 Å². The average Bonchev–Trinajstić information content (AvgIpc) is 3.27. The van der Waals surface area contributed by atoms with E-state index in [2.05, 4.69) is 4.74 Å². The zero-order chi connectivity index (χ0) is 63.3. The fourth-order valence-corrected chi connectivity index (χ4v) is 8.54. The lowest BCUT2D eigenvalue weighted by Gasteiger charge is -2.32. The molecule has 2 aliphatic rings. The van der Waals surface area contributed by atoms with E-state index in [1.165, 1.54) is 36.4 Å². The Labute approximate surface area is 484 Å². The number of hydrogen-bond acceptors (Lipinski definition) is 20. The first kappa shape index (κ1) is 73.4. The monoisotopic (exact) mass is 1210 g/mol. The standard InChI is InChI=1S/C17H23NO5S.C12H17NO4S.C10H18O5.C10H16O4.C7H9NO2S/c1-13-7-9-15(10-8-13)24(20,21)18(14-6-5-11-22-12-14)16(19)23-17(2,3)4;1-9-5-7-10(8-6-9)18(15,16)13-11(14)17-12(2,3)4;1-9(2,3)14-7(11)13-8(12)15-10(4,5)6;1-10(2,3)14-9(11)13-8-5-4-6-12-7-8;1-6-2-4-7(5-3-6)11(8,9)10/h5-10,14H,11-12H2,1-4H3;5-8H,1-4H3,(H,13,14);1-6H3;4-5,8H,6-7H2,1-3H3;2-5H,1H3,(H2,8,9,10). The third kappa shape index (κ3) is 32.2. The second kappa shape index (κ2) is 31.2. The summed E-state index contributed by atoms with van der Waals surface area (Å²) in [6.07, 6.45) is 1.97. The summed E-state index contributed by atoms with van der Waals surface area (Å²) in [4.78, 5) is 57.4. The van der Waals surface area contributed by atoms with Gasteiger partial charge in [-0.1, -0.05) is 71.3 Å². The number of nitrogens with zero attached hydrogens (tertiary/aromatic N) is 1. The molecule has 5 rings (SSSR count). The normalized spacial score (nSPS) is 15.4. The highest BCUT2D eigenvalue weighted by Crippen LogP contribution is 2.24. The zero-order valence-corrected chi connectivity index (χ0v) is 52.6. The number of carbonyl (C=O) groups excluding carboxylic acids is 5. The van der Waals surface area contributed by atoms with Gasteiger partial charge < -0.3 is 42.6 Å². The lowest BCUT2D eigenvalue weighted by molar-refractivity contribution is -0.0369. The third-order valence-corrected chi connectivity index (χ3v) is 13.1. The predicted octanol–water partition coefficient (Wildman–Crippen LogP) is 10.5. The molecule has 0 saturated heterocycles. The first-order chi connectivity index (χ1) is 37.2. The van der Waals surface area contributed by atoms with Crippen LogP contribution in [0.2, 0.25) is 0 Å². The van der Waals surface area contributed by atoms with Crippen molar-refractivity contribution >= 4 is 60.7 Å². The molecule has 2 atom stereocenters. The maximum Gasteiger partial charge on any atom is 0.519 e. The van der Waals surface area contributed by atoms with Gasteiger partial charge in [-0.25, -0.2) is 59.1 Å². The quantitative estimate of drug-likeness (QED) is 0.0961. The fraction of sp³-hybridized carbons (Fsp3) is 0.518.